The smallest absolute Gasteiger partial charge is 0.270 e. The first kappa shape index (κ1) is 21.8. The fourth-order valence-electron chi connectivity index (χ4n) is 2.70. The van der Waals surface area contributed by atoms with Crippen molar-refractivity contribution in [2.24, 2.45) is 0 Å². The Morgan fingerprint density at radius 1 is 1.26 bits per heavy atom. The number of rotatable bonds is 7. The average Bonchev–Trinajstić information content (AvgIpc) is 3.24. The normalized spacial score (nSPS) is 10.9. The summed E-state index contributed by atoms with van der Waals surface area (Å²) in [5.74, 6) is 0.911. The van der Waals surface area contributed by atoms with E-state index >= 15 is 0 Å². The second-order valence-corrected chi connectivity index (χ2v) is 7.18. The fourth-order valence-corrected chi connectivity index (χ4v) is 3.27. The lowest BCUT2D eigenvalue weighted by atomic mass is 10.1. The largest absolute Gasteiger partial charge is 0.497 e. The second-order valence-electron chi connectivity index (χ2n) is 6.32. The average molecular weight is 482 g/mol. The van der Waals surface area contributed by atoms with Crippen LogP contribution in [-0.2, 0) is 11.3 Å². The number of carbonyl (C=O) groups is 1. The van der Waals surface area contributed by atoms with Gasteiger partial charge in [-0.05, 0) is 51.8 Å². The number of hydrogen-bond acceptors (Lipinski definition) is 6. The van der Waals surface area contributed by atoms with Crippen molar-refractivity contribution in [3.8, 4) is 23.1 Å². The minimum atomic E-state index is -0.534. The highest BCUT2D eigenvalue weighted by atomic mass is 79.9. The number of benzene rings is 2. The van der Waals surface area contributed by atoms with Crippen LogP contribution in [0.5, 0.6) is 5.75 Å². The van der Waals surface area contributed by atoms with Gasteiger partial charge in [0.15, 0.2) is 0 Å². The van der Waals surface area contributed by atoms with E-state index in [0.29, 0.717) is 27.3 Å². The van der Waals surface area contributed by atoms with Crippen molar-refractivity contribution in [1.29, 1.82) is 5.26 Å². The molecule has 3 aromatic rings. The SMILES string of the molecule is COc1ccc(CNC(=O)/C(C#N)=C/c2ccc(-c3ccc([N+](=O)[O-])cc3Br)o2)cc1. The zero-order valence-corrected chi connectivity index (χ0v) is 17.9. The molecule has 0 aliphatic carbocycles. The van der Waals surface area contributed by atoms with Gasteiger partial charge in [-0.15, -0.1) is 0 Å². The maximum Gasteiger partial charge on any atom is 0.270 e. The third kappa shape index (κ3) is 5.38. The summed E-state index contributed by atoms with van der Waals surface area (Å²) < 4.78 is 11.3. The highest BCUT2D eigenvalue weighted by molar-refractivity contribution is 9.10. The van der Waals surface area contributed by atoms with Crippen LogP contribution >= 0.6 is 15.9 Å². The van der Waals surface area contributed by atoms with Crippen LogP contribution in [0.4, 0.5) is 5.69 Å². The number of hydrogen-bond donors (Lipinski definition) is 1. The van der Waals surface area contributed by atoms with E-state index in [2.05, 4.69) is 21.2 Å². The van der Waals surface area contributed by atoms with E-state index in [9.17, 15) is 20.2 Å². The number of methoxy groups -OCH3 is 1. The summed E-state index contributed by atoms with van der Waals surface area (Å²) in [6.07, 6.45) is 1.34. The van der Waals surface area contributed by atoms with Crippen molar-refractivity contribution in [2.75, 3.05) is 7.11 Å². The molecule has 0 radical (unpaired) electrons. The summed E-state index contributed by atoms with van der Waals surface area (Å²) in [5.41, 5.74) is 1.29. The van der Waals surface area contributed by atoms with Gasteiger partial charge in [-0.1, -0.05) is 12.1 Å². The van der Waals surface area contributed by atoms with E-state index in [-0.39, 0.29) is 17.8 Å². The molecule has 8 nitrogen and oxygen atoms in total. The Hall–Kier alpha value is -3.90. The summed E-state index contributed by atoms with van der Waals surface area (Å²) in [6.45, 7) is 0.251. The molecule has 1 N–H and O–H groups in total. The van der Waals surface area contributed by atoms with Crippen LogP contribution in [0, 0.1) is 21.4 Å². The number of nitriles is 1. The lowest BCUT2D eigenvalue weighted by Crippen LogP contribution is -2.23. The Morgan fingerprint density at radius 3 is 2.61 bits per heavy atom. The van der Waals surface area contributed by atoms with Crippen LogP contribution in [0.15, 0.2) is 69.1 Å². The highest BCUT2D eigenvalue weighted by Crippen LogP contribution is 2.33. The van der Waals surface area contributed by atoms with Crippen LogP contribution < -0.4 is 10.1 Å². The van der Waals surface area contributed by atoms with Gasteiger partial charge >= 0.3 is 0 Å². The Bertz CT molecular complexity index is 1190. The van der Waals surface area contributed by atoms with Gasteiger partial charge < -0.3 is 14.5 Å². The molecular weight excluding hydrogens is 466 g/mol. The van der Waals surface area contributed by atoms with Gasteiger partial charge in [0, 0.05) is 34.8 Å². The van der Waals surface area contributed by atoms with E-state index in [1.165, 1.54) is 18.2 Å². The Kier molecular flexibility index (Phi) is 6.85. The van der Waals surface area contributed by atoms with E-state index in [0.717, 1.165) is 5.56 Å². The lowest BCUT2D eigenvalue weighted by molar-refractivity contribution is -0.384. The molecule has 0 spiro atoms. The summed E-state index contributed by atoms with van der Waals surface area (Å²) in [7, 11) is 1.57. The predicted molar refractivity (Wildman–Crippen MR) is 117 cm³/mol. The van der Waals surface area contributed by atoms with E-state index in [1.807, 2.05) is 18.2 Å². The number of furan rings is 1. The molecule has 0 bridgehead atoms. The molecule has 3 rings (SSSR count). The van der Waals surface area contributed by atoms with Crippen molar-refractivity contribution >= 4 is 33.6 Å². The molecule has 156 valence electrons. The summed E-state index contributed by atoms with van der Waals surface area (Å²) in [5, 5.41) is 22.9. The van der Waals surface area contributed by atoms with Gasteiger partial charge in [-0.2, -0.15) is 5.26 Å². The van der Waals surface area contributed by atoms with Crippen LogP contribution in [0.1, 0.15) is 11.3 Å². The van der Waals surface area contributed by atoms with Gasteiger partial charge in [0.05, 0.1) is 12.0 Å². The maximum atomic E-state index is 12.4. The lowest BCUT2D eigenvalue weighted by Gasteiger charge is -2.05. The van der Waals surface area contributed by atoms with Crippen molar-refractivity contribution in [3.05, 3.63) is 86.1 Å². The van der Waals surface area contributed by atoms with E-state index < -0.39 is 10.8 Å². The van der Waals surface area contributed by atoms with Crippen molar-refractivity contribution in [3.63, 3.8) is 0 Å². The molecule has 0 saturated carbocycles. The number of ether oxygens (including phenoxy) is 1. The molecule has 1 aromatic heterocycles. The number of carbonyl (C=O) groups excluding carboxylic acids is 1. The van der Waals surface area contributed by atoms with Gasteiger partial charge in [0.2, 0.25) is 0 Å². The van der Waals surface area contributed by atoms with Crippen LogP contribution in [0.2, 0.25) is 0 Å². The molecule has 0 fully saturated rings. The van der Waals surface area contributed by atoms with Gasteiger partial charge in [0.1, 0.15) is 28.9 Å². The molecular formula is C22H16BrN3O5. The molecule has 2 aromatic carbocycles. The molecule has 0 aliphatic rings. The van der Waals surface area contributed by atoms with Crippen LogP contribution in [-0.4, -0.2) is 17.9 Å². The number of amides is 1. The predicted octanol–water partition coefficient (Wildman–Crippen LogP) is 4.85. The number of nitrogens with zero attached hydrogens (tertiary/aromatic N) is 2. The van der Waals surface area contributed by atoms with Crippen LogP contribution in [0.25, 0.3) is 17.4 Å². The van der Waals surface area contributed by atoms with Crippen LogP contribution in [0.3, 0.4) is 0 Å². The number of nitro groups is 1. The topological polar surface area (TPSA) is 118 Å². The minimum Gasteiger partial charge on any atom is -0.497 e. The quantitative estimate of drug-likeness (QED) is 0.223. The highest BCUT2D eigenvalue weighted by Gasteiger charge is 2.14. The van der Waals surface area contributed by atoms with Crippen molar-refractivity contribution in [1.82, 2.24) is 5.32 Å². The molecule has 0 aliphatic heterocycles. The molecule has 0 unspecified atom stereocenters. The summed E-state index contributed by atoms with van der Waals surface area (Å²) in [6, 6.07) is 16.6. The van der Waals surface area contributed by atoms with Gasteiger partial charge in [-0.25, -0.2) is 0 Å². The first-order chi connectivity index (χ1) is 14.9. The number of nitrogens with one attached hydrogen (secondary N) is 1. The standard InChI is InChI=1S/C22H16BrN3O5/c1-30-17-5-2-14(3-6-17)13-25-22(27)15(12-24)10-18-7-9-21(31-18)19-8-4-16(26(28)29)11-20(19)23/h2-11H,13H2,1H3,(H,25,27)/b15-10+. The first-order valence-electron chi connectivity index (χ1n) is 8.98. The zero-order chi connectivity index (χ0) is 22.4. The number of non-ortho nitro benzene ring substituents is 1. The van der Waals surface area contributed by atoms with Gasteiger partial charge in [0.25, 0.3) is 11.6 Å². The third-order valence-electron chi connectivity index (χ3n) is 4.32. The van der Waals surface area contributed by atoms with E-state index in [4.69, 9.17) is 9.15 Å². The Morgan fingerprint density at radius 2 is 2.00 bits per heavy atom. The van der Waals surface area contributed by atoms with Crippen molar-refractivity contribution < 1.29 is 18.9 Å². The summed E-state index contributed by atoms with van der Waals surface area (Å²) in [4.78, 5) is 22.8. The number of nitro benzene ring substituents is 1. The molecule has 0 atom stereocenters. The maximum absolute atomic E-state index is 12.4. The molecule has 0 saturated heterocycles. The minimum absolute atomic E-state index is 0.0531. The Balaban J connectivity index is 1.72. The fraction of sp³-hybridized carbons (Fsp3) is 0.0909. The third-order valence-corrected chi connectivity index (χ3v) is 4.98. The molecule has 1 heterocycles. The molecule has 1 amide bonds. The monoisotopic (exact) mass is 481 g/mol. The molecule has 9 heteroatoms. The molecule has 31 heavy (non-hydrogen) atoms. The summed E-state index contributed by atoms with van der Waals surface area (Å²) >= 11 is 3.30. The van der Waals surface area contributed by atoms with Crippen molar-refractivity contribution in [2.45, 2.75) is 6.54 Å². The number of halogens is 1. The zero-order valence-electron chi connectivity index (χ0n) is 16.3. The van der Waals surface area contributed by atoms with Gasteiger partial charge in [-0.3, -0.25) is 14.9 Å². The Labute approximate surface area is 186 Å². The van der Waals surface area contributed by atoms with E-state index in [1.54, 1.807) is 37.4 Å². The first-order valence-corrected chi connectivity index (χ1v) is 9.77. The second kappa shape index (κ2) is 9.73.